The molecule has 0 amide bonds. The molecule has 0 N–H and O–H groups in total. The van der Waals surface area contributed by atoms with Gasteiger partial charge in [-0.2, -0.15) is 8.42 Å². The van der Waals surface area contributed by atoms with Crippen LogP contribution in [0.3, 0.4) is 0 Å². The quantitative estimate of drug-likeness (QED) is 0.448. The van der Waals surface area contributed by atoms with Gasteiger partial charge in [0.05, 0.1) is 4.92 Å². The summed E-state index contributed by atoms with van der Waals surface area (Å²) in [6.45, 7) is 0. The fourth-order valence-electron chi connectivity index (χ4n) is 0.563. The number of rotatable bonds is 1. The summed E-state index contributed by atoms with van der Waals surface area (Å²) < 4.78 is 30.5. The molecule has 5 nitrogen and oxygen atoms in total. The lowest BCUT2D eigenvalue weighted by Crippen LogP contribution is -1.86. The third-order valence-electron chi connectivity index (χ3n) is 1.04. The van der Waals surface area contributed by atoms with Crippen molar-refractivity contribution in [3.8, 4) is 0 Å². The molecule has 0 aliphatic heterocycles. The van der Waals surface area contributed by atoms with Gasteiger partial charge in [-0.15, -0.1) is 0 Å². The van der Waals surface area contributed by atoms with Gasteiger partial charge >= 0.3 is 8.26 Å². The molecular formula is C6H4Cl2FNO4S. The monoisotopic (exact) mass is 275 g/mol. The molecule has 1 rings (SSSR count). The maximum Gasteiger partial charge on any atom is 0.317 e. The summed E-state index contributed by atoms with van der Waals surface area (Å²) in [5.41, 5.74) is -0.0959. The Hall–Kier alpha value is -0.920. The Morgan fingerprint density at radius 2 is 1.53 bits per heavy atom. The van der Waals surface area contributed by atoms with Crippen molar-refractivity contribution in [2.45, 2.75) is 0 Å². The highest BCUT2D eigenvalue weighted by molar-refractivity contribution is 8.31. The molecular weight excluding hydrogens is 272 g/mol. The summed E-state index contributed by atoms with van der Waals surface area (Å²) in [7, 11) is 4.81. The van der Waals surface area contributed by atoms with Crippen LogP contribution in [0.1, 0.15) is 0 Å². The van der Waals surface area contributed by atoms with Crippen molar-refractivity contribution in [3.63, 3.8) is 0 Å². The molecule has 0 unspecified atom stereocenters. The van der Waals surface area contributed by atoms with Crippen molar-refractivity contribution in [1.82, 2.24) is 0 Å². The van der Waals surface area contributed by atoms with Crippen LogP contribution < -0.4 is 0 Å². The molecule has 0 saturated carbocycles. The Kier molecular flexibility index (Phi) is 5.48. The van der Waals surface area contributed by atoms with E-state index in [0.29, 0.717) is 0 Å². The number of nitro groups is 1. The molecule has 0 aliphatic rings. The van der Waals surface area contributed by atoms with E-state index in [-0.39, 0.29) is 5.69 Å². The molecule has 9 heteroatoms. The van der Waals surface area contributed by atoms with E-state index in [0.717, 1.165) is 24.3 Å². The number of nitrogens with zero attached hydrogens (tertiary/aromatic N) is 1. The fourth-order valence-corrected chi connectivity index (χ4v) is 0.563. The third-order valence-corrected chi connectivity index (χ3v) is 1.04. The SMILES string of the molecule is O=S(=O)(Cl)Cl.O=[N+]([O-])c1ccc(F)cc1. The molecule has 0 saturated heterocycles. The van der Waals surface area contributed by atoms with Crippen LogP contribution in [0.25, 0.3) is 0 Å². The molecule has 0 radical (unpaired) electrons. The van der Waals surface area contributed by atoms with Gasteiger partial charge in [0.25, 0.3) is 5.69 Å². The largest absolute Gasteiger partial charge is 0.317 e. The first-order valence-electron chi connectivity index (χ1n) is 3.24. The standard InChI is InChI=1S/C6H4FNO2.Cl2O2S/c7-5-1-3-6(4-2-5)8(9)10;1-5(2,3)4/h1-4H;. The first-order chi connectivity index (χ1) is 6.70. The number of halogens is 3. The minimum atomic E-state index is -3.72. The summed E-state index contributed by atoms with van der Waals surface area (Å²) in [5.74, 6) is -0.467. The number of non-ortho nitro benzene ring substituents is 1. The van der Waals surface area contributed by atoms with Gasteiger partial charge in [0, 0.05) is 33.5 Å². The van der Waals surface area contributed by atoms with E-state index in [9.17, 15) is 14.5 Å². The van der Waals surface area contributed by atoms with Crippen LogP contribution in [-0.4, -0.2) is 13.3 Å². The predicted octanol–water partition coefficient (Wildman–Crippen LogP) is 2.44. The minimum Gasteiger partial charge on any atom is -0.258 e. The van der Waals surface area contributed by atoms with Crippen molar-refractivity contribution in [3.05, 3.63) is 40.2 Å². The van der Waals surface area contributed by atoms with Gasteiger partial charge in [-0.05, 0) is 12.1 Å². The summed E-state index contributed by atoms with van der Waals surface area (Å²) in [6.07, 6.45) is 0. The Bertz CT molecular complexity index is 425. The second-order valence-corrected chi connectivity index (χ2v) is 5.78. The summed E-state index contributed by atoms with van der Waals surface area (Å²) in [5, 5.41) is 10.00. The zero-order valence-electron chi connectivity index (χ0n) is 6.93. The molecule has 84 valence electrons. The van der Waals surface area contributed by atoms with E-state index in [2.05, 4.69) is 21.4 Å². The van der Waals surface area contributed by atoms with Crippen LogP contribution >= 0.6 is 21.4 Å². The number of hydrogen-bond donors (Lipinski definition) is 0. The molecule has 1 aromatic rings. The minimum absolute atomic E-state index is 0.0959. The van der Waals surface area contributed by atoms with Crippen LogP contribution in [0.5, 0.6) is 0 Å². The van der Waals surface area contributed by atoms with Crippen molar-refractivity contribution in [1.29, 1.82) is 0 Å². The van der Waals surface area contributed by atoms with Gasteiger partial charge in [-0.3, -0.25) is 10.1 Å². The highest BCUT2D eigenvalue weighted by Gasteiger charge is 2.02. The fraction of sp³-hybridized carbons (Fsp3) is 0. The molecule has 0 bridgehead atoms. The Labute approximate surface area is 93.5 Å². The molecule has 15 heavy (non-hydrogen) atoms. The van der Waals surface area contributed by atoms with Crippen molar-refractivity contribution in [2.75, 3.05) is 0 Å². The van der Waals surface area contributed by atoms with E-state index >= 15 is 0 Å². The maximum atomic E-state index is 12.1. The topological polar surface area (TPSA) is 77.3 Å². The van der Waals surface area contributed by atoms with E-state index in [1.54, 1.807) is 0 Å². The zero-order chi connectivity index (χ0) is 12.1. The van der Waals surface area contributed by atoms with E-state index < -0.39 is 19.0 Å². The summed E-state index contributed by atoms with van der Waals surface area (Å²) in [4.78, 5) is 9.43. The smallest absolute Gasteiger partial charge is 0.258 e. The predicted molar refractivity (Wildman–Crippen MR) is 53.7 cm³/mol. The lowest BCUT2D eigenvalue weighted by atomic mass is 10.3. The Balaban J connectivity index is 0.000000336. The molecule has 0 atom stereocenters. The molecule has 1 aromatic carbocycles. The van der Waals surface area contributed by atoms with Crippen molar-refractivity contribution < 1.29 is 17.7 Å². The first-order valence-corrected chi connectivity index (χ1v) is 6.38. The van der Waals surface area contributed by atoms with Gasteiger partial charge in [0.15, 0.2) is 0 Å². The number of hydrogen-bond acceptors (Lipinski definition) is 4. The van der Waals surface area contributed by atoms with E-state index in [1.807, 2.05) is 0 Å². The van der Waals surface area contributed by atoms with E-state index in [4.69, 9.17) is 8.42 Å². The van der Waals surface area contributed by atoms with Gasteiger partial charge in [0.2, 0.25) is 0 Å². The average Bonchev–Trinajstić information content (AvgIpc) is 2.01. The molecule has 0 aromatic heterocycles. The summed E-state index contributed by atoms with van der Waals surface area (Å²) >= 11 is 0. The Morgan fingerprint density at radius 1 is 1.20 bits per heavy atom. The van der Waals surface area contributed by atoms with Crippen molar-refractivity contribution in [2.24, 2.45) is 0 Å². The lowest BCUT2D eigenvalue weighted by Gasteiger charge is -1.87. The molecule has 0 heterocycles. The molecule has 0 fully saturated rings. The second kappa shape index (κ2) is 5.84. The second-order valence-electron chi connectivity index (χ2n) is 2.11. The zero-order valence-corrected chi connectivity index (χ0v) is 9.26. The number of benzene rings is 1. The average molecular weight is 276 g/mol. The molecule has 0 aliphatic carbocycles. The highest BCUT2D eigenvalue weighted by Crippen LogP contribution is 2.09. The van der Waals surface area contributed by atoms with Crippen LogP contribution in [-0.2, 0) is 8.26 Å². The first kappa shape index (κ1) is 14.1. The van der Waals surface area contributed by atoms with Crippen LogP contribution in [0.4, 0.5) is 10.1 Å². The van der Waals surface area contributed by atoms with Gasteiger partial charge in [-0.25, -0.2) is 4.39 Å². The van der Waals surface area contributed by atoms with Crippen LogP contribution in [0.15, 0.2) is 24.3 Å². The number of nitro benzene ring substituents is 1. The van der Waals surface area contributed by atoms with E-state index in [1.165, 1.54) is 0 Å². The van der Waals surface area contributed by atoms with Crippen molar-refractivity contribution >= 4 is 35.3 Å². The van der Waals surface area contributed by atoms with Crippen LogP contribution in [0.2, 0.25) is 0 Å². The third kappa shape index (κ3) is 9.39. The highest BCUT2D eigenvalue weighted by atomic mass is 36.0. The normalized spacial score (nSPS) is 10.1. The van der Waals surface area contributed by atoms with Gasteiger partial charge in [-0.1, -0.05) is 0 Å². The van der Waals surface area contributed by atoms with Crippen LogP contribution in [0, 0.1) is 15.9 Å². The van der Waals surface area contributed by atoms with Gasteiger partial charge in [0.1, 0.15) is 5.82 Å². The maximum absolute atomic E-state index is 12.1. The van der Waals surface area contributed by atoms with Gasteiger partial charge < -0.3 is 0 Å². The summed E-state index contributed by atoms with van der Waals surface area (Å²) in [6, 6.07) is 4.35. The molecule has 0 spiro atoms. The lowest BCUT2D eigenvalue weighted by molar-refractivity contribution is -0.384. The Morgan fingerprint density at radius 3 is 1.80 bits per heavy atom.